The quantitative estimate of drug-likeness (QED) is 0.876. The molecule has 1 saturated heterocycles. The maximum Gasteiger partial charge on any atom is 0.246 e. The molecule has 0 aliphatic carbocycles. The highest BCUT2D eigenvalue weighted by atomic mass is 79.9. The van der Waals surface area contributed by atoms with E-state index in [2.05, 4.69) is 26.6 Å². The summed E-state index contributed by atoms with van der Waals surface area (Å²) < 4.78 is 1.01. The van der Waals surface area contributed by atoms with Crippen molar-refractivity contribution in [2.24, 2.45) is 5.92 Å². The standard InChI is InChI=1S/C13H16BrN3O/c14-10-1-2-11-12(5-10)17(13(18)7-16-11)8-9-3-4-15-6-9/h1-2,5,9,15-16H,3-4,6-8H2. The summed E-state index contributed by atoms with van der Waals surface area (Å²) in [7, 11) is 0. The summed E-state index contributed by atoms with van der Waals surface area (Å²) in [5.41, 5.74) is 2.04. The maximum absolute atomic E-state index is 12.1. The van der Waals surface area contributed by atoms with Crippen LogP contribution in [0.1, 0.15) is 6.42 Å². The van der Waals surface area contributed by atoms with Gasteiger partial charge in [0, 0.05) is 11.0 Å². The van der Waals surface area contributed by atoms with Crippen molar-refractivity contribution in [1.29, 1.82) is 0 Å². The van der Waals surface area contributed by atoms with Crippen LogP contribution in [-0.4, -0.2) is 32.1 Å². The Bertz CT molecular complexity index is 471. The second-order valence-corrected chi connectivity index (χ2v) is 5.79. The van der Waals surface area contributed by atoms with Crippen LogP contribution in [0.15, 0.2) is 22.7 Å². The summed E-state index contributed by atoms with van der Waals surface area (Å²) in [5, 5.41) is 6.52. The highest BCUT2D eigenvalue weighted by Gasteiger charge is 2.27. The first-order valence-electron chi connectivity index (χ1n) is 6.28. The average Bonchev–Trinajstić information content (AvgIpc) is 2.86. The van der Waals surface area contributed by atoms with Crippen LogP contribution in [0.5, 0.6) is 0 Å². The van der Waals surface area contributed by atoms with E-state index < -0.39 is 0 Å². The third-order valence-corrected chi connectivity index (χ3v) is 4.08. The lowest BCUT2D eigenvalue weighted by atomic mass is 10.1. The fourth-order valence-corrected chi connectivity index (χ4v) is 2.96. The molecule has 0 saturated carbocycles. The predicted octanol–water partition coefficient (Wildman–Crippen LogP) is 1.82. The molecule has 1 aromatic carbocycles. The van der Waals surface area contributed by atoms with Crippen LogP contribution >= 0.6 is 15.9 Å². The smallest absolute Gasteiger partial charge is 0.246 e. The van der Waals surface area contributed by atoms with E-state index in [1.54, 1.807) is 0 Å². The van der Waals surface area contributed by atoms with Crippen molar-refractivity contribution in [3.05, 3.63) is 22.7 Å². The van der Waals surface area contributed by atoms with Crippen LogP contribution in [0, 0.1) is 5.92 Å². The van der Waals surface area contributed by atoms with Gasteiger partial charge in [-0.15, -0.1) is 0 Å². The molecule has 0 radical (unpaired) electrons. The lowest BCUT2D eigenvalue weighted by molar-refractivity contribution is -0.117. The van der Waals surface area contributed by atoms with Crippen LogP contribution in [0.4, 0.5) is 11.4 Å². The van der Waals surface area contributed by atoms with Gasteiger partial charge in [0.1, 0.15) is 0 Å². The Hall–Kier alpha value is -1.07. The summed E-state index contributed by atoms with van der Waals surface area (Å²) in [6.45, 7) is 3.29. The molecule has 4 nitrogen and oxygen atoms in total. The van der Waals surface area contributed by atoms with Crippen LogP contribution in [-0.2, 0) is 4.79 Å². The van der Waals surface area contributed by atoms with Gasteiger partial charge in [-0.2, -0.15) is 0 Å². The number of nitrogens with one attached hydrogen (secondary N) is 2. The average molecular weight is 310 g/mol. The molecule has 1 unspecified atom stereocenters. The number of benzene rings is 1. The predicted molar refractivity (Wildman–Crippen MR) is 76.0 cm³/mol. The number of carbonyl (C=O) groups is 1. The molecule has 5 heteroatoms. The van der Waals surface area contributed by atoms with Crippen molar-refractivity contribution in [3.63, 3.8) is 0 Å². The summed E-state index contributed by atoms with van der Waals surface area (Å²) in [6, 6.07) is 6.03. The van der Waals surface area contributed by atoms with E-state index in [4.69, 9.17) is 0 Å². The number of nitrogens with zero attached hydrogens (tertiary/aromatic N) is 1. The molecule has 0 spiro atoms. The van der Waals surface area contributed by atoms with E-state index in [-0.39, 0.29) is 5.91 Å². The Labute approximate surface area is 115 Å². The van der Waals surface area contributed by atoms with Crippen molar-refractivity contribution in [2.75, 3.05) is 36.4 Å². The van der Waals surface area contributed by atoms with Gasteiger partial charge in [0.2, 0.25) is 5.91 Å². The van der Waals surface area contributed by atoms with E-state index in [9.17, 15) is 4.79 Å². The molecular formula is C13H16BrN3O. The molecule has 18 heavy (non-hydrogen) atoms. The van der Waals surface area contributed by atoms with E-state index >= 15 is 0 Å². The molecule has 2 aliphatic rings. The van der Waals surface area contributed by atoms with Gasteiger partial charge < -0.3 is 15.5 Å². The molecule has 2 N–H and O–H groups in total. The van der Waals surface area contributed by atoms with Crippen molar-refractivity contribution >= 4 is 33.2 Å². The zero-order chi connectivity index (χ0) is 12.5. The van der Waals surface area contributed by atoms with Crippen molar-refractivity contribution in [1.82, 2.24) is 5.32 Å². The van der Waals surface area contributed by atoms with Crippen LogP contribution < -0.4 is 15.5 Å². The van der Waals surface area contributed by atoms with Gasteiger partial charge in [-0.3, -0.25) is 4.79 Å². The minimum Gasteiger partial charge on any atom is -0.374 e. The first-order chi connectivity index (χ1) is 8.74. The van der Waals surface area contributed by atoms with Gasteiger partial charge in [-0.05, 0) is 43.6 Å². The molecule has 2 heterocycles. The molecule has 2 aliphatic heterocycles. The largest absolute Gasteiger partial charge is 0.374 e. The summed E-state index contributed by atoms with van der Waals surface area (Å²) >= 11 is 3.47. The van der Waals surface area contributed by atoms with Crippen LogP contribution in [0.3, 0.4) is 0 Å². The zero-order valence-corrected chi connectivity index (χ0v) is 11.7. The van der Waals surface area contributed by atoms with E-state index in [0.717, 1.165) is 41.9 Å². The minimum atomic E-state index is 0.160. The molecule has 0 aromatic heterocycles. The number of halogens is 1. The van der Waals surface area contributed by atoms with Gasteiger partial charge in [-0.25, -0.2) is 0 Å². The van der Waals surface area contributed by atoms with Crippen molar-refractivity contribution in [3.8, 4) is 0 Å². The number of rotatable bonds is 2. The second-order valence-electron chi connectivity index (χ2n) is 4.88. The van der Waals surface area contributed by atoms with E-state index in [0.29, 0.717) is 12.5 Å². The maximum atomic E-state index is 12.1. The number of fused-ring (bicyclic) bond motifs is 1. The Balaban J connectivity index is 1.88. The highest BCUT2D eigenvalue weighted by Crippen LogP contribution is 2.33. The topological polar surface area (TPSA) is 44.4 Å². The molecule has 0 bridgehead atoms. The Morgan fingerprint density at radius 2 is 2.33 bits per heavy atom. The SMILES string of the molecule is O=C1CNc2ccc(Br)cc2N1CC1CCNC1. The van der Waals surface area contributed by atoms with Gasteiger partial charge in [0.05, 0.1) is 17.9 Å². The van der Waals surface area contributed by atoms with Gasteiger partial charge in [0.25, 0.3) is 0 Å². The fraction of sp³-hybridized carbons (Fsp3) is 0.462. The summed E-state index contributed by atoms with van der Waals surface area (Å²) in [5.74, 6) is 0.728. The van der Waals surface area contributed by atoms with E-state index in [1.807, 2.05) is 23.1 Å². The third-order valence-electron chi connectivity index (χ3n) is 3.58. The Morgan fingerprint density at radius 1 is 1.44 bits per heavy atom. The Morgan fingerprint density at radius 3 is 3.11 bits per heavy atom. The first kappa shape index (κ1) is 12.0. The highest BCUT2D eigenvalue weighted by molar-refractivity contribution is 9.10. The number of carbonyl (C=O) groups excluding carboxylic acids is 1. The molecule has 1 aromatic rings. The molecule has 3 rings (SSSR count). The molecule has 1 amide bonds. The number of anilines is 2. The number of hydrogen-bond acceptors (Lipinski definition) is 3. The fourth-order valence-electron chi connectivity index (χ4n) is 2.61. The van der Waals surface area contributed by atoms with Gasteiger partial charge in [-0.1, -0.05) is 15.9 Å². The normalized spacial score (nSPS) is 22.8. The van der Waals surface area contributed by atoms with Crippen LogP contribution in [0.2, 0.25) is 0 Å². The Kier molecular flexibility index (Phi) is 3.26. The lowest BCUT2D eigenvalue weighted by Crippen LogP contribution is -2.43. The summed E-state index contributed by atoms with van der Waals surface area (Å²) in [6.07, 6.45) is 1.15. The van der Waals surface area contributed by atoms with E-state index in [1.165, 1.54) is 0 Å². The summed E-state index contributed by atoms with van der Waals surface area (Å²) in [4.78, 5) is 14.0. The minimum absolute atomic E-state index is 0.160. The number of amides is 1. The zero-order valence-electron chi connectivity index (χ0n) is 10.1. The van der Waals surface area contributed by atoms with Gasteiger partial charge >= 0.3 is 0 Å². The first-order valence-corrected chi connectivity index (χ1v) is 7.08. The molecule has 1 atom stereocenters. The lowest BCUT2D eigenvalue weighted by Gasteiger charge is -2.32. The third kappa shape index (κ3) is 2.24. The molecular weight excluding hydrogens is 294 g/mol. The van der Waals surface area contributed by atoms with Crippen molar-refractivity contribution in [2.45, 2.75) is 6.42 Å². The number of hydrogen-bond donors (Lipinski definition) is 2. The molecule has 1 fully saturated rings. The monoisotopic (exact) mass is 309 g/mol. The second kappa shape index (κ2) is 4.90. The molecule has 96 valence electrons. The van der Waals surface area contributed by atoms with Crippen LogP contribution in [0.25, 0.3) is 0 Å². The van der Waals surface area contributed by atoms with Crippen molar-refractivity contribution < 1.29 is 4.79 Å². The van der Waals surface area contributed by atoms with Gasteiger partial charge in [0.15, 0.2) is 0 Å².